The van der Waals surface area contributed by atoms with Crippen molar-refractivity contribution in [3.8, 4) is 0 Å². The summed E-state index contributed by atoms with van der Waals surface area (Å²) >= 11 is 5.32. The van der Waals surface area contributed by atoms with Crippen LogP contribution in [-0.2, 0) is 14.6 Å². The van der Waals surface area contributed by atoms with Gasteiger partial charge in [0.1, 0.15) is 0 Å². The van der Waals surface area contributed by atoms with Gasteiger partial charge in [-0.1, -0.05) is 0 Å². The van der Waals surface area contributed by atoms with Crippen molar-refractivity contribution in [1.29, 1.82) is 0 Å². The van der Waals surface area contributed by atoms with Gasteiger partial charge in [0.15, 0.2) is 9.84 Å². The lowest BCUT2D eigenvalue weighted by atomic mass is 10.3. The minimum Gasteiger partial charge on any atom is -0.351 e. The zero-order valence-corrected chi connectivity index (χ0v) is 7.99. The van der Waals surface area contributed by atoms with Gasteiger partial charge in [-0.05, 0) is 0 Å². The highest BCUT2D eigenvalue weighted by atomic mass is 35.5. The normalized spacial score (nSPS) is 21.4. The molecule has 0 unspecified atom stereocenters. The van der Waals surface area contributed by atoms with Crippen molar-refractivity contribution in [3.63, 3.8) is 0 Å². The van der Waals surface area contributed by atoms with Crippen molar-refractivity contribution in [1.82, 2.24) is 5.32 Å². The SMILES string of the molecule is O=C(CCCl)NC1CS(=O)(=O)C1. The van der Waals surface area contributed by atoms with E-state index in [-0.39, 0.29) is 35.8 Å². The maximum absolute atomic E-state index is 10.9. The van der Waals surface area contributed by atoms with Gasteiger partial charge in [0.05, 0.1) is 17.5 Å². The fourth-order valence-electron chi connectivity index (χ4n) is 1.03. The van der Waals surface area contributed by atoms with Crippen LogP contribution in [0.1, 0.15) is 6.42 Å². The fraction of sp³-hybridized carbons (Fsp3) is 0.833. The Morgan fingerprint density at radius 1 is 1.50 bits per heavy atom. The number of alkyl halides is 1. The Morgan fingerprint density at radius 2 is 2.08 bits per heavy atom. The van der Waals surface area contributed by atoms with Gasteiger partial charge in [-0.2, -0.15) is 0 Å². The molecule has 0 aromatic carbocycles. The topological polar surface area (TPSA) is 63.2 Å². The van der Waals surface area contributed by atoms with Gasteiger partial charge < -0.3 is 5.32 Å². The number of amides is 1. The molecule has 1 fully saturated rings. The van der Waals surface area contributed by atoms with Gasteiger partial charge in [-0.25, -0.2) is 8.42 Å². The third-order valence-corrected chi connectivity index (χ3v) is 3.61. The van der Waals surface area contributed by atoms with Gasteiger partial charge in [-0.15, -0.1) is 11.6 Å². The standard InChI is InChI=1S/C6H10ClNO3S/c7-2-1-6(9)8-5-3-12(10,11)4-5/h5H,1-4H2,(H,8,9). The summed E-state index contributed by atoms with van der Waals surface area (Å²) in [7, 11) is -2.84. The maximum atomic E-state index is 10.9. The first kappa shape index (κ1) is 9.80. The summed E-state index contributed by atoms with van der Waals surface area (Å²) < 4.78 is 21.3. The van der Waals surface area contributed by atoms with Gasteiger partial charge in [0, 0.05) is 12.3 Å². The molecule has 1 aliphatic heterocycles. The fourth-order valence-corrected chi connectivity index (χ4v) is 2.50. The highest BCUT2D eigenvalue weighted by Gasteiger charge is 2.33. The van der Waals surface area contributed by atoms with Gasteiger partial charge in [0.25, 0.3) is 0 Å². The summed E-state index contributed by atoms with van der Waals surface area (Å²) in [5.41, 5.74) is 0. The van der Waals surface area contributed by atoms with E-state index >= 15 is 0 Å². The van der Waals surface area contributed by atoms with Crippen LogP contribution in [-0.4, -0.2) is 37.8 Å². The van der Waals surface area contributed by atoms with Crippen LogP contribution >= 0.6 is 11.6 Å². The van der Waals surface area contributed by atoms with E-state index < -0.39 is 9.84 Å². The average Bonchev–Trinajstić information content (AvgIpc) is 1.83. The van der Waals surface area contributed by atoms with Crippen LogP contribution in [0, 0.1) is 0 Å². The molecule has 0 aromatic heterocycles. The molecule has 1 amide bonds. The van der Waals surface area contributed by atoms with Crippen molar-refractivity contribution in [2.24, 2.45) is 0 Å². The number of carbonyl (C=O) groups is 1. The lowest BCUT2D eigenvalue weighted by molar-refractivity contribution is -0.121. The summed E-state index contributed by atoms with van der Waals surface area (Å²) in [5.74, 6) is 0.234. The summed E-state index contributed by atoms with van der Waals surface area (Å²) in [6.07, 6.45) is 0.248. The lowest BCUT2D eigenvalue weighted by Gasteiger charge is -2.26. The number of rotatable bonds is 3. The molecular weight excluding hydrogens is 202 g/mol. The van der Waals surface area contributed by atoms with E-state index in [2.05, 4.69) is 5.32 Å². The molecule has 1 heterocycles. The number of sulfone groups is 1. The predicted molar refractivity (Wildman–Crippen MR) is 45.9 cm³/mol. The molecule has 0 aliphatic carbocycles. The Bertz CT molecular complexity index is 263. The molecule has 1 saturated heterocycles. The van der Waals surface area contributed by atoms with E-state index in [0.717, 1.165) is 0 Å². The summed E-state index contributed by atoms with van der Waals surface area (Å²) in [5, 5.41) is 2.57. The average molecular weight is 212 g/mol. The molecule has 6 heteroatoms. The largest absolute Gasteiger partial charge is 0.351 e. The van der Waals surface area contributed by atoms with E-state index in [1.807, 2.05) is 0 Å². The highest BCUT2D eigenvalue weighted by molar-refractivity contribution is 7.92. The quantitative estimate of drug-likeness (QED) is 0.642. The minimum absolute atomic E-state index is 0.0705. The van der Waals surface area contributed by atoms with Crippen molar-refractivity contribution < 1.29 is 13.2 Å². The first-order valence-corrected chi connectivity index (χ1v) is 5.95. The Balaban J connectivity index is 2.23. The van der Waals surface area contributed by atoms with Crippen LogP contribution < -0.4 is 5.32 Å². The number of nitrogens with one attached hydrogen (secondary N) is 1. The molecule has 1 N–H and O–H groups in total. The van der Waals surface area contributed by atoms with Crippen molar-refractivity contribution >= 4 is 27.3 Å². The van der Waals surface area contributed by atoms with E-state index in [1.165, 1.54) is 0 Å². The first-order valence-electron chi connectivity index (χ1n) is 3.59. The summed E-state index contributed by atoms with van der Waals surface area (Å²) in [6.45, 7) is 0. The molecular formula is C6H10ClNO3S. The van der Waals surface area contributed by atoms with Crippen molar-refractivity contribution in [2.75, 3.05) is 17.4 Å². The number of halogens is 1. The van der Waals surface area contributed by atoms with Crippen LogP contribution in [0.2, 0.25) is 0 Å². The maximum Gasteiger partial charge on any atom is 0.221 e. The van der Waals surface area contributed by atoms with E-state index in [1.54, 1.807) is 0 Å². The molecule has 0 aromatic rings. The van der Waals surface area contributed by atoms with Gasteiger partial charge in [-0.3, -0.25) is 4.79 Å². The van der Waals surface area contributed by atoms with Crippen LogP contribution in [0.15, 0.2) is 0 Å². The molecule has 12 heavy (non-hydrogen) atoms. The number of hydrogen-bond acceptors (Lipinski definition) is 3. The Labute approximate surface area is 76.2 Å². The van der Waals surface area contributed by atoms with E-state index in [4.69, 9.17) is 11.6 Å². The van der Waals surface area contributed by atoms with Gasteiger partial charge >= 0.3 is 0 Å². The molecule has 70 valence electrons. The highest BCUT2D eigenvalue weighted by Crippen LogP contribution is 2.09. The summed E-state index contributed by atoms with van der Waals surface area (Å²) in [4.78, 5) is 10.9. The predicted octanol–water partition coefficient (Wildman–Crippen LogP) is -0.472. The Hall–Kier alpha value is -0.290. The second-order valence-electron chi connectivity index (χ2n) is 2.78. The zero-order valence-electron chi connectivity index (χ0n) is 6.42. The second-order valence-corrected chi connectivity index (χ2v) is 5.31. The molecule has 1 aliphatic rings. The van der Waals surface area contributed by atoms with E-state index in [9.17, 15) is 13.2 Å². The van der Waals surface area contributed by atoms with Crippen molar-refractivity contribution in [3.05, 3.63) is 0 Å². The van der Waals surface area contributed by atoms with Crippen LogP contribution in [0.25, 0.3) is 0 Å². The molecule has 1 rings (SSSR count). The molecule has 0 atom stereocenters. The molecule has 0 spiro atoms. The number of carbonyl (C=O) groups excluding carboxylic acids is 1. The molecule has 0 bridgehead atoms. The lowest BCUT2D eigenvalue weighted by Crippen LogP contribution is -2.52. The monoisotopic (exact) mass is 211 g/mol. The smallest absolute Gasteiger partial charge is 0.221 e. The Morgan fingerprint density at radius 3 is 2.50 bits per heavy atom. The van der Waals surface area contributed by atoms with E-state index in [0.29, 0.717) is 0 Å². The van der Waals surface area contributed by atoms with Crippen LogP contribution in [0.3, 0.4) is 0 Å². The molecule has 4 nitrogen and oxygen atoms in total. The molecule has 0 saturated carbocycles. The minimum atomic E-state index is -2.84. The van der Waals surface area contributed by atoms with Crippen LogP contribution in [0.4, 0.5) is 0 Å². The molecule has 0 radical (unpaired) electrons. The Kier molecular flexibility index (Phi) is 2.95. The number of hydrogen-bond donors (Lipinski definition) is 1. The van der Waals surface area contributed by atoms with Gasteiger partial charge in [0.2, 0.25) is 5.91 Å². The zero-order chi connectivity index (χ0) is 9.19. The van der Waals surface area contributed by atoms with Crippen LogP contribution in [0.5, 0.6) is 0 Å². The van der Waals surface area contributed by atoms with Crippen molar-refractivity contribution in [2.45, 2.75) is 12.5 Å². The third kappa shape index (κ3) is 2.64. The first-order chi connectivity index (χ1) is 5.53. The summed E-state index contributed by atoms with van der Waals surface area (Å²) in [6, 6.07) is -0.189. The third-order valence-electron chi connectivity index (χ3n) is 1.60. The second kappa shape index (κ2) is 3.62.